The van der Waals surface area contributed by atoms with Gasteiger partial charge < -0.3 is 9.84 Å². The third kappa shape index (κ3) is 5.11. The highest BCUT2D eigenvalue weighted by Crippen LogP contribution is 2.25. The molecule has 0 heterocycles. The fourth-order valence-electron chi connectivity index (χ4n) is 1.69. The van der Waals surface area contributed by atoms with Crippen molar-refractivity contribution in [2.45, 2.75) is 40.0 Å². The lowest BCUT2D eigenvalue weighted by molar-refractivity contribution is -0.147. The van der Waals surface area contributed by atoms with Crippen LogP contribution in [0.4, 0.5) is 0 Å². The fraction of sp³-hybridized carbons (Fsp3) is 0.533. The number of unbranched alkanes of at least 4 members (excludes halogenated alkanes) is 1. The molecule has 0 amide bonds. The first kappa shape index (κ1) is 15.8. The zero-order chi connectivity index (χ0) is 14.5. The molecular formula is C15H21ClO3. The van der Waals surface area contributed by atoms with Crippen molar-refractivity contribution in [1.29, 1.82) is 0 Å². The molecule has 1 N–H and O–H groups in total. The zero-order valence-corrected chi connectivity index (χ0v) is 12.5. The van der Waals surface area contributed by atoms with Crippen LogP contribution in [-0.4, -0.2) is 17.7 Å². The predicted molar refractivity (Wildman–Crippen MR) is 77.0 cm³/mol. The highest BCUT2D eigenvalue weighted by molar-refractivity contribution is 6.30. The summed E-state index contributed by atoms with van der Waals surface area (Å²) >= 11 is 5.91. The van der Waals surface area contributed by atoms with Crippen molar-refractivity contribution >= 4 is 17.6 Å². The van der Waals surface area contributed by atoms with E-state index in [9.17, 15) is 4.79 Å². The predicted octanol–water partition coefficient (Wildman–Crippen LogP) is 4.31. The van der Waals surface area contributed by atoms with Gasteiger partial charge in [0.15, 0.2) is 0 Å². The van der Waals surface area contributed by atoms with Gasteiger partial charge in [0.2, 0.25) is 0 Å². The summed E-state index contributed by atoms with van der Waals surface area (Å²) in [5.74, 6) is 0.0455. The molecular weight excluding hydrogens is 264 g/mol. The average molecular weight is 285 g/mol. The Kier molecular flexibility index (Phi) is 5.67. The number of halogens is 1. The summed E-state index contributed by atoms with van der Waals surface area (Å²) in [4.78, 5) is 10.9. The van der Waals surface area contributed by atoms with Gasteiger partial charge in [0.1, 0.15) is 5.75 Å². The molecule has 1 aromatic rings. The van der Waals surface area contributed by atoms with E-state index in [1.54, 1.807) is 19.9 Å². The number of hydrogen-bond acceptors (Lipinski definition) is 2. The summed E-state index contributed by atoms with van der Waals surface area (Å²) in [6, 6.07) is 5.56. The first-order valence-corrected chi connectivity index (χ1v) is 6.83. The maximum absolute atomic E-state index is 10.9. The Morgan fingerprint density at radius 1 is 1.37 bits per heavy atom. The first-order valence-electron chi connectivity index (χ1n) is 6.45. The van der Waals surface area contributed by atoms with E-state index in [1.165, 1.54) is 0 Å². The van der Waals surface area contributed by atoms with Gasteiger partial charge in [-0.25, -0.2) is 0 Å². The van der Waals surface area contributed by atoms with Crippen LogP contribution in [0.2, 0.25) is 5.02 Å². The molecule has 0 aliphatic heterocycles. The zero-order valence-electron chi connectivity index (χ0n) is 11.7. The monoisotopic (exact) mass is 284 g/mol. The highest BCUT2D eigenvalue weighted by Gasteiger charge is 2.25. The molecule has 0 aliphatic carbocycles. The van der Waals surface area contributed by atoms with Crippen LogP contribution in [0.25, 0.3) is 0 Å². The van der Waals surface area contributed by atoms with Crippen LogP contribution in [0.15, 0.2) is 18.2 Å². The van der Waals surface area contributed by atoms with Crippen molar-refractivity contribution in [2.75, 3.05) is 6.61 Å². The molecule has 3 nitrogen and oxygen atoms in total. The molecule has 0 radical (unpaired) electrons. The molecule has 1 aromatic carbocycles. The van der Waals surface area contributed by atoms with Crippen molar-refractivity contribution in [3.05, 3.63) is 28.8 Å². The minimum Gasteiger partial charge on any atom is -0.493 e. The van der Waals surface area contributed by atoms with Gasteiger partial charge >= 0.3 is 5.97 Å². The van der Waals surface area contributed by atoms with Gasteiger partial charge in [0.05, 0.1) is 12.0 Å². The van der Waals surface area contributed by atoms with Crippen molar-refractivity contribution < 1.29 is 14.6 Å². The van der Waals surface area contributed by atoms with Crippen molar-refractivity contribution in [3.63, 3.8) is 0 Å². The molecule has 0 bridgehead atoms. The number of ether oxygens (including phenoxy) is 1. The van der Waals surface area contributed by atoms with Crippen LogP contribution in [0.1, 0.15) is 38.7 Å². The van der Waals surface area contributed by atoms with E-state index in [0.29, 0.717) is 18.1 Å². The van der Waals surface area contributed by atoms with Gasteiger partial charge in [-0.15, -0.1) is 0 Å². The van der Waals surface area contributed by atoms with Crippen LogP contribution in [-0.2, 0) is 4.79 Å². The minimum absolute atomic E-state index is 0.580. The van der Waals surface area contributed by atoms with Gasteiger partial charge in [-0.2, -0.15) is 0 Å². The smallest absolute Gasteiger partial charge is 0.309 e. The lowest BCUT2D eigenvalue weighted by atomic mass is 9.87. The quantitative estimate of drug-likeness (QED) is 0.759. The Bertz CT molecular complexity index is 441. The standard InChI is InChI=1S/C15H21ClO3/c1-11-6-7-12(16)10-13(11)19-9-5-4-8-15(2,3)14(17)18/h6-7,10H,4-5,8-9H2,1-3H3,(H,17,18). The Labute approximate surface area is 119 Å². The van der Waals surface area contributed by atoms with Crippen molar-refractivity contribution in [2.24, 2.45) is 5.41 Å². The van der Waals surface area contributed by atoms with Crippen LogP contribution in [0.5, 0.6) is 5.75 Å². The second-order valence-electron chi connectivity index (χ2n) is 5.40. The van der Waals surface area contributed by atoms with Gasteiger partial charge in [-0.3, -0.25) is 4.79 Å². The largest absolute Gasteiger partial charge is 0.493 e. The Balaban J connectivity index is 2.32. The summed E-state index contributed by atoms with van der Waals surface area (Å²) in [7, 11) is 0. The van der Waals surface area contributed by atoms with Crippen LogP contribution in [0.3, 0.4) is 0 Å². The lowest BCUT2D eigenvalue weighted by Gasteiger charge is -2.18. The molecule has 4 heteroatoms. The van der Waals surface area contributed by atoms with Crippen LogP contribution < -0.4 is 4.74 Å². The number of carboxylic acids is 1. The minimum atomic E-state index is -0.751. The van der Waals surface area contributed by atoms with Gasteiger partial charge in [-0.1, -0.05) is 17.7 Å². The lowest BCUT2D eigenvalue weighted by Crippen LogP contribution is -2.23. The second-order valence-corrected chi connectivity index (χ2v) is 5.84. The maximum Gasteiger partial charge on any atom is 0.309 e. The second kappa shape index (κ2) is 6.80. The molecule has 0 aromatic heterocycles. The molecule has 0 spiro atoms. The number of aryl methyl sites for hydroxylation is 1. The van der Waals surface area contributed by atoms with Crippen LogP contribution in [0, 0.1) is 12.3 Å². The first-order chi connectivity index (χ1) is 8.83. The third-order valence-electron chi connectivity index (χ3n) is 3.18. The maximum atomic E-state index is 10.9. The average Bonchev–Trinajstić information content (AvgIpc) is 2.32. The normalized spacial score (nSPS) is 11.4. The van der Waals surface area contributed by atoms with Crippen LogP contribution >= 0.6 is 11.6 Å². The molecule has 19 heavy (non-hydrogen) atoms. The topological polar surface area (TPSA) is 46.5 Å². The number of aliphatic carboxylic acids is 1. The van der Waals surface area contributed by atoms with E-state index in [-0.39, 0.29) is 0 Å². The molecule has 1 rings (SSSR count). The van der Waals surface area contributed by atoms with Gasteiger partial charge in [0.25, 0.3) is 0 Å². The van der Waals surface area contributed by atoms with E-state index >= 15 is 0 Å². The number of benzene rings is 1. The van der Waals surface area contributed by atoms with Crippen molar-refractivity contribution in [3.8, 4) is 5.75 Å². The Morgan fingerprint density at radius 2 is 2.05 bits per heavy atom. The van der Waals surface area contributed by atoms with Crippen molar-refractivity contribution in [1.82, 2.24) is 0 Å². The molecule has 0 unspecified atom stereocenters. The van der Waals surface area contributed by atoms with E-state index in [2.05, 4.69) is 0 Å². The van der Waals surface area contributed by atoms with E-state index < -0.39 is 11.4 Å². The SMILES string of the molecule is Cc1ccc(Cl)cc1OCCCCC(C)(C)C(=O)O. The van der Waals surface area contributed by atoms with E-state index in [1.807, 2.05) is 19.1 Å². The fourth-order valence-corrected chi connectivity index (χ4v) is 1.85. The summed E-state index contributed by atoms with van der Waals surface area (Å²) in [5, 5.41) is 9.66. The number of carboxylic acid groups (broad SMARTS) is 1. The molecule has 0 saturated carbocycles. The number of hydrogen-bond donors (Lipinski definition) is 1. The molecule has 106 valence electrons. The highest BCUT2D eigenvalue weighted by atomic mass is 35.5. The molecule has 0 fully saturated rings. The number of carbonyl (C=O) groups is 1. The molecule has 0 aliphatic rings. The summed E-state index contributed by atoms with van der Waals surface area (Å²) < 4.78 is 5.66. The number of rotatable bonds is 7. The Morgan fingerprint density at radius 3 is 2.68 bits per heavy atom. The Hall–Kier alpha value is -1.22. The molecule has 0 atom stereocenters. The third-order valence-corrected chi connectivity index (χ3v) is 3.42. The molecule has 0 saturated heterocycles. The summed E-state index contributed by atoms with van der Waals surface area (Å²) in [6.07, 6.45) is 2.32. The summed E-state index contributed by atoms with van der Waals surface area (Å²) in [6.45, 7) is 6.05. The summed E-state index contributed by atoms with van der Waals surface area (Å²) in [5.41, 5.74) is 0.390. The van der Waals surface area contributed by atoms with Gasteiger partial charge in [0, 0.05) is 5.02 Å². The van der Waals surface area contributed by atoms with Gasteiger partial charge in [-0.05, 0) is 57.7 Å². The van der Waals surface area contributed by atoms with E-state index in [0.717, 1.165) is 24.2 Å². The van der Waals surface area contributed by atoms with E-state index in [4.69, 9.17) is 21.4 Å².